The molecule has 0 amide bonds. The number of halogens is 1. The van der Waals surface area contributed by atoms with Crippen LogP contribution in [0.1, 0.15) is 37.7 Å². The molecule has 1 saturated carbocycles. The Morgan fingerprint density at radius 1 is 1.00 bits per heavy atom. The molecule has 0 aliphatic heterocycles. The number of benzene rings is 2. The predicted octanol–water partition coefficient (Wildman–Crippen LogP) is 6.36. The Labute approximate surface area is 163 Å². The Kier molecular flexibility index (Phi) is 5.21. The highest BCUT2D eigenvalue weighted by atomic mass is 79.9. The van der Waals surface area contributed by atoms with Gasteiger partial charge in [-0.05, 0) is 49.9 Å². The van der Waals surface area contributed by atoms with Crippen molar-refractivity contribution in [3.63, 3.8) is 0 Å². The Hall–Kier alpha value is -1.94. The molecule has 2 aromatic carbocycles. The summed E-state index contributed by atoms with van der Waals surface area (Å²) in [6, 6.07) is 14.6. The zero-order valence-corrected chi connectivity index (χ0v) is 16.7. The summed E-state index contributed by atoms with van der Waals surface area (Å²) in [4.78, 5) is 9.69. The van der Waals surface area contributed by atoms with Gasteiger partial charge in [-0.15, -0.1) is 0 Å². The first-order chi connectivity index (χ1) is 12.7. The Morgan fingerprint density at radius 3 is 2.54 bits per heavy atom. The van der Waals surface area contributed by atoms with E-state index in [4.69, 9.17) is 9.97 Å². The Balaban J connectivity index is 1.70. The van der Waals surface area contributed by atoms with Crippen molar-refractivity contribution in [2.45, 2.75) is 39.0 Å². The van der Waals surface area contributed by atoms with E-state index >= 15 is 0 Å². The first-order valence-electron chi connectivity index (χ1n) is 9.47. The average Bonchev–Trinajstić information content (AvgIpc) is 2.67. The summed E-state index contributed by atoms with van der Waals surface area (Å²) in [6.45, 7) is 3.12. The lowest BCUT2D eigenvalue weighted by Gasteiger charge is -2.22. The summed E-state index contributed by atoms with van der Waals surface area (Å²) < 4.78 is 1.06. The van der Waals surface area contributed by atoms with Gasteiger partial charge in [0.25, 0.3) is 0 Å². The maximum absolute atomic E-state index is 4.89. The molecule has 134 valence electrons. The molecular formula is C22H24BrN3. The fourth-order valence-corrected chi connectivity index (χ4v) is 4.00. The number of anilines is 1. The van der Waals surface area contributed by atoms with Crippen LogP contribution in [-0.2, 0) is 0 Å². The van der Waals surface area contributed by atoms with Crippen LogP contribution in [-0.4, -0.2) is 16.5 Å². The van der Waals surface area contributed by atoms with E-state index in [0.717, 1.165) is 45.0 Å². The van der Waals surface area contributed by atoms with Gasteiger partial charge in [-0.25, -0.2) is 9.97 Å². The summed E-state index contributed by atoms with van der Waals surface area (Å²) in [7, 11) is 0. The standard InChI is InChI=1S/C22H24BrN3/c1-15-7-12-20-19(13-15)22(24-14-16-5-3-2-4-6-16)26-21(25-20)17-8-10-18(23)11-9-17/h7-13,16H,2-6,14H2,1H3,(H,24,25,26). The molecule has 3 nitrogen and oxygen atoms in total. The Bertz CT molecular complexity index is 899. The number of hydrogen-bond donors (Lipinski definition) is 1. The molecule has 0 atom stereocenters. The average molecular weight is 410 g/mol. The highest BCUT2D eigenvalue weighted by Gasteiger charge is 2.15. The van der Waals surface area contributed by atoms with Crippen molar-refractivity contribution in [3.05, 3.63) is 52.5 Å². The van der Waals surface area contributed by atoms with E-state index in [2.05, 4.69) is 58.5 Å². The second-order valence-electron chi connectivity index (χ2n) is 7.31. The summed E-state index contributed by atoms with van der Waals surface area (Å²) in [5, 5.41) is 4.76. The van der Waals surface area contributed by atoms with Gasteiger partial charge in [0.1, 0.15) is 5.82 Å². The van der Waals surface area contributed by atoms with Gasteiger partial charge in [0, 0.05) is 22.0 Å². The van der Waals surface area contributed by atoms with Crippen molar-refractivity contribution in [2.75, 3.05) is 11.9 Å². The van der Waals surface area contributed by atoms with Crippen LogP contribution in [0.5, 0.6) is 0 Å². The molecule has 4 rings (SSSR count). The van der Waals surface area contributed by atoms with E-state index in [0.29, 0.717) is 0 Å². The topological polar surface area (TPSA) is 37.8 Å². The number of aromatic nitrogens is 2. The van der Waals surface area contributed by atoms with Gasteiger partial charge < -0.3 is 5.32 Å². The van der Waals surface area contributed by atoms with E-state index in [9.17, 15) is 0 Å². The highest BCUT2D eigenvalue weighted by molar-refractivity contribution is 9.10. The maximum Gasteiger partial charge on any atom is 0.162 e. The molecule has 1 aliphatic carbocycles. The largest absolute Gasteiger partial charge is 0.369 e. The highest BCUT2D eigenvalue weighted by Crippen LogP contribution is 2.28. The van der Waals surface area contributed by atoms with Gasteiger partial charge in [0.15, 0.2) is 5.82 Å². The van der Waals surface area contributed by atoms with E-state index in [-0.39, 0.29) is 0 Å². The zero-order chi connectivity index (χ0) is 17.9. The van der Waals surface area contributed by atoms with Crippen molar-refractivity contribution in [3.8, 4) is 11.4 Å². The molecule has 0 radical (unpaired) electrons. The third kappa shape index (κ3) is 3.90. The van der Waals surface area contributed by atoms with Crippen molar-refractivity contribution in [2.24, 2.45) is 5.92 Å². The van der Waals surface area contributed by atoms with Crippen molar-refractivity contribution in [1.82, 2.24) is 9.97 Å². The molecular weight excluding hydrogens is 386 g/mol. The number of rotatable bonds is 4. The molecule has 1 fully saturated rings. The van der Waals surface area contributed by atoms with Crippen LogP contribution in [0.25, 0.3) is 22.3 Å². The SMILES string of the molecule is Cc1ccc2nc(-c3ccc(Br)cc3)nc(NCC3CCCCC3)c2c1. The first kappa shape index (κ1) is 17.5. The summed E-state index contributed by atoms with van der Waals surface area (Å²) in [6.07, 6.45) is 6.77. The van der Waals surface area contributed by atoms with Gasteiger partial charge >= 0.3 is 0 Å². The second kappa shape index (κ2) is 7.75. The van der Waals surface area contributed by atoms with Crippen molar-refractivity contribution in [1.29, 1.82) is 0 Å². The van der Waals surface area contributed by atoms with Gasteiger partial charge in [-0.3, -0.25) is 0 Å². The van der Waals surface area contributed by atoms with Crippen LogP contribution in [0.15, 0.2) is 46.9 Å². The van der Waals surface area contributed by atoms with E-state index in [1.54, 1.807) is 0 Å². The third-order valence-electron chi connectivity index (χ3n) is 5.24. The monoisotopic (exact) mass is 409 g/mol. The van der Waals surface area contributed by atoms with Gasteiger partial charge in [-0.1, -0.05) is 59.0 Å². The molecule has 1 N–H and O–H groups in total. The third-order valence-corrected chi connectivity index (χ3v) is 5.77. The predicted molar refractivity (Wildman–Crippen MR) is 112 cm³/mol. The molecule has 0 saturated heterocycles. The number of nitrogens with zero attached hydrogens (tertiary/aromatic N) is 2. The van der Waals surface area contributed by atoms with Gasteiger partial charge in [0.05, 0.1) is 5.52 Å². The first-order valence-corrected chi connectivity index (χ1v) is 10.3. The molecule has 0 spiro atoms. The summed E-state index contributed by atoms with van der Waals surface area (Å²) >= 11 is 3.50. The molecule has 3 aromatic rings. The van der Waals surface area contributed by atoms with Crippen LogP contribution < -0.4 is 5.32 Å². The normalized spacial score (nSPS) is 15.3. The second-order valence-corrected chi connectivity index (χ2v) is 8.22. The van der Waals surface area contributed by atoms with Crippen LogP contribution in [0.3, 0.4) is 0 Å². The summed E-state index contributed by atoms with van der Waals surface area (Å²) in [5.74, 6) is 2.50. The fourth-order valence-electron chi connectivity index (χ4n) is 3.74. The van der Waals surface area contributed by atoms with E-state index in [1.807, 2.05) is 12.1 Å². The van der Waals surface area contributed by atoms with E-state index in [1.165, 1.54) is 37.7 Å². The molecule has 4 heteroatoms. The fraction of sp³-hybridized carbons (Fsp3) is 0.364. The lowest BCUT2D eigenvalue weighted by atomic mass is 9.89. The van der Waals surface area contributed by atoms with Crippen LogP contribution in [0, 0.1) is 12.8 Å². The zero-order valence-electron chi connectivity index (χ0n) is 15.1. The lowest BCUT2D eigenvalue weighted by molar-refractivity contribution is 0.373. The number of aryl methyl sites for hydroxylation is 1. The number of nitrogens with one attached hydrogen (secondary N) is 1. The van der Waals surface area contributed by atoms with Crippen molar-refractivity contribution < 1.29 is 0 Å². The minimum atomic E-state index is 0.759. The molecule has 0 unspecified atom stereocenters. The molecule has 1 aliphatic rings. The van der Waals surface area contributed by atoms with E-state index < -0.39 is 0 Å². The summed E-state index contributed by atoms with van der Waals surface area (Å²) in [5.41, 5.74) is 3.27. The van der Waals surface area contributed by atoms with Crippen LogP contribution >= 0.6 is 15.9 Å². The molecule has 1 heterocycles. The smallest absolute Gasteiger partial charge is 0.162 e. The molecule has 0 bridgehead atoms. The molecule has 1 aromatic heterocycles. The Morgan fingerprint density at radius 2 is 1.77 bits per heavy atom. The number of fused-ring (bicyclic) bond motifs is 1. The maximum atomic E-state index is 4.89. The minimum absolute atomic E-state index is 0.759. The quantitative estimate of drug-likeness (QED) is 0.544. The van der Waals surface area contributed by atoms with Crippen LogP contribution in [0.4, 0.5) is 5.82 Å². The van der Waals surface area contributed by atoms with Crippen LogP contribution in [0.2, 0.25) is 0 Å². The minimum Gasteiger partial charge on any atom is -0.369 e. The van der Waals surface area contributed by atoms with Crippen molar-refractivity contribution >= 4 is 32.7 Å². The van der Waals surface area contributed by atoms with Gasteiger partial charge in [-0.2, -0.15) is 0 Å². The lowest BCUT2D eigenvalue weighted by Crippen LogP contribution is -2.18. The molecule has 26 heavy (non-hydrogen) atoms. The van der Waals surface area contributed by atoms with Gasteiger partial charge in [0.2, 0.25) is 0 Å². The number of hydrogen-bond acceptors (Lipinski definition) is 3.